The Hall–Kier alpha value is -0.930. The molecule has 0 saturated carbocycles. The number of rotatable bonds is 2. The summed E-state index contributed by atoms with van der Waals surface area (Å²) in [5.74, 6) is -1.95. The number of nitrogens with zero attached hydrogens (tertiary/aromatic N) is 1. The molecule has 1 atom stereocenters. The average Bonchev–Trinajstić information content (AvgIpc) is 2.29. The first-order valence-corrected chi connectivity index (χ1v) is 4.48. The van der Waals surface area contributed by atoms with E-state index in [-0.39, 0.29) is 17.2 Å². The Kier molecular flexibility index (Phi) is 2.92. The molecule has 1 aliphatic rings. The first-order chi connectivity index (χ1) is 6.37. The number of allylic oxidation sites excluding steroid dienone is 1. The van der Waals surface area contributed by atoms with E-state index in [1.165, 1.54) is 7.05 Å². The lowest BCUT2D eigenvalue weighted by Crippen LogP contribution is -2.18. The van der Waals surface area contributed by atoms with Crippen LogP contribution >= 0.6 is 0 Å². The highest BCUT2D eigenvalue weighted by molar-refractivity contribution is 5.32. The monoisotopic (exact) mass is 205 g/mol. The highest BCUT2D eigenvalue weighted by atomic mass is 19.3. The Balaban J connectivity index is 3.12. The summed E-state index contributed by atoms with van der Waals surface area (Å²) < 4.78 is 38.8. The van der Waals surface area contributed by atoms with Crippen molar-refractivity contribution in [2.24, 2.45) is 11.8 Å². The average molecular weight is 205 g/mol. The molecular formula is C10H14F3N. The van der Waals surface area contributed by atoms with Crippen molar-refractivity contribution >= 4 is 0 Å². The third-order valence-corrected chi connectivity index (χ3v) is 2.53. The molecule has 0 amide bonds. The maximum Gasteiger partial charge on any atom is 0.250 e. The molecule has 0 radical (unpaired) electrons. The molecule has 1 nitrogen and oxygen atoms in total. The molecule has 0 bridgehead atoms. The molecule has 0 aromatic heterocycles. The largest absolute Gasteiger partial charge is 0.325 e. The Morgan fingerprint density at radius 2 is 1.86 bits per heavy atom. The van der Waals surface area contributed by atoms with E-state index in [1.54, 1.807) is 13.8 Å². The van der Waals surface area contributed by atoms with Crippen LogP contribution in [0.3, 0.4) is 0 Å². The first-order valence-electron chi connectivity index (χ1n) is 4.48. The second-order valence-electron chi connectivity index (χ2n) is 3.76. The first kappa shape index (κ1) is 11.1. The molecule has 1 heterocycles. The molecule has 0 spiro atoms. The van der Waals surface area contributed by atoms with Crippen molar-refractivity contribution in [3.05, 3.63) is 23.8 Å². The number of hydrogen-bond donors (Lipinski definition) is 0. The van der Waals surface area contributed by atoms with E-state index >= 15 is 0 Å². The van der Waals surface area contributed by atoms with Crippen molar-refractivity contribution < 1.29 is 13.2 Å². The lowest BCUT2D eigenvalue weighted by Gasteiger charge is -2.17. The molecule has 1 unspecified atom stereocenters. The Labute approximate surface area is 81.9 Å². The highest BCUT2D eigenvalue weighted by Crippen LogP contribution is 2.42. The molecule has 1 rings (SSSR count). The normalized spacial score (nSPS) is 23.3. The fraction of sp³-hybridized carbons (Fsp3) is 0.600. The van der Waals surface area contributed by atoms with Gasteiger partial charge in [-0.25, -0.2) is 8.78 Å². The van der Waals surface area contributed by atoms with E-state index in [2.05, 4.69) is 6.58 Å². The zero-order valence-corrected chi connectivity index (χ0v) is 8.52. The predicted octanol–water partition coefficient (Wildman–Crippen LogP) is 3.16. The predicted molar refractivity (Wildman–Crippen MR) is 49.4 cm³/mol. The van der Waals surface area contributed by atoms with Crippen molar-refractivity contribution in [1.82, 2.24) is 4.90 Å². The van der Waals surface area contributed by atoms with Crippen LogP contribution < -0.4 is 0 Å². The van der Waals surface area contributed by atoms with Crippen LogP contribution in [0.5, 0.6) is 0 Å². The van der Waals surface area contributed by atoms with Gasteiger partial charge in [0.1, 0.15) is 0 Å². The van der Waals surface area contributed by atoms with Gasteiger partial charge in [-0.15, -0.1) is 0 Å². The van der Waals surface area contributed by atoms with Crippen LogP contribution in [0, 0.1) is 11.8 Å². The zero-order chi connectivity index (χ0) is 11.0. The van der Waals surface area contributed by atoms with Crippen molar-refractivity contribution in [3.63, 3.8) is 0 Å². The lowest BCUT2D eigenvalue weighted by atomic mass is 9.91. The number of alkyl halides is 2. The second-order valence-corrected chi connectivity index (χ2v) is 3.76. The van der Waals surface area contributed by atoms with E-state index in [0.717, 1.165) is 4.90 Å². The molecule has 1 aliphatic heterocycles. The summed E-state index contributed by atoms with van der Waals surface area (Å²) in [7, 11) is 1.42. The van der Waals surface area contributed by atoms with E-state index < -0.39 is 18.3 Å². The molecule has 14 heavy (non-hydrogen) atoms. The molecule has 0 saturated heterocycles. The molecular weight excluding hydrogens is 191 g/mol. The van der Waals surface area contributed by atoms with Gasteiger partial charge >= 0.3 is 0 Å². The van der Waals surface area contributed by atoms with Crippen molar-refractivity contribution in [2.45, 2.75) is 20.3 Å². The van der Waals surface area contributed by atoms with Gasteiger partial charge in [0.25, 0.3) is 6.43 Å². The summed E-state index contributed by atoms with van der Waals surface area (Å²) in [6.45, 7) is 6.90. The van der Waals surface area contributed by atoms with Crippen LogP contribution in [0.25, 0.3) is 0 Å². The van der Waals surface area contributed by atoms with Gasteiger partial charge in [0, 0.05) is 18.3 Å². The minimum Gasteiger partial charge on any atom is -0.325 e. The summed E-state index contributed by atoms with van der Waals surface area (Å²) in [5, 5.41) is 0. The van der Waals surface area contributed by atoms with Crippen molar-refractivity contribution in [2.75, 3.05) is 7.05 Å². The third kappa shape index (κ3) is 1.53. The van der Waals surface area contributed by atoms with E-state index in [4.69, 9.17) is 0 Å². The molecule has 0 fully saturated rings. The van der Waals surface area contributed by atoms with Crippen LogP contribution in [-0.4, -0.2) is 18.4 Å². The molecule has 0 aromatic carbocycles. The van der Waals surface area contributed by atoms with Gasteiger partial charge in [-0.2, -0.15) is 4.39 Å². The van der Waals surface area contributed by atoms with Crippen molar-refractivity contribution in [1.29, 1.82) is 0 Å². The highest BCUT2D eigenvalue weighted by Gasteiger charge is 2.40. The second kappa shape index (κ2) is 3.67. The van der Waals surface area contributed by atoms with Gasteiger partial charge < -0.3 is 4.90 Å². The number of hydrogen-bond acceptors (Lipinski definition) is 1. The van der Waals surface area contributed by atoms with Gasteiger partial charge in [-0.3, -0.25) is 0 Å². The Morgan fingerprint density at radius 1 is 1.36 bits per heavy atom. The quantitative estimate of drug-likeness (QED) is 0.626. The summed E-state index contributed by atoms with van der Waals surface area (Å²) >= 11 is 0. The molecule has 0 N–H and O–H groups in total. The van der Waals surface area contributed by atoms with Crippen LogP contribution in [0.15, 0.2) is 23.8 Å². The van der Waals surface area contributed by atoms with Gasteiger partial charge in [0.15, 0.2) is 5.95 Å². The van der Waals surface area contributed by atoms with Crippen LogP contribution in [-0.2, 0) is 0 Å². The molecule has 80 valence electrons. The van der Waals surface area contributed by atoms with Gasteiger partial charge in [-0.1, -0.05) is 20.4 Å². The van der Waals surface area contributed by atoms with Crippen LogP contribution in [0.4, 0.5) is 13.2 Å². The summed E-state index contributed by atoms with van der Waals surface area (Å²) in [5.41, 5.74) is 0.300. The van der Waals surface area contributed by atoms with E-state index in [1.807, 2.05) is 0 Å². The van der Waals surface area contributed by atoms with Crippen molar-refractivity contribution in [3.8, 4) is 0 Å². The van der Waals surface area contributed by atoms with Gasteiger partial charge in [-0.05, 0) is 5.92 Å². The van der Waals surface area contributed by atoms with Crippen LogP contribution in [0.1, 0.15) is 13.8 Å². The minimum absolute atomic E-state index is 0.140. The van der Waals surface area contributed by atoms with Gasteiger partial charge in [0.2, 0.25) is 0 Å². The SMILES string of the molecule is C=C1C(C(F)F)C(C(C)C)=C(F)N1C. The molecule has 4 heteroatoms. The topological polar surface area (TPSA) is 3.24 Å². The van der Waals surface area contributed by atoms with E-state index in [9.17, 15) is 13.2 Å². The number of halogens is 3. The third-order valence-electron chi connectivity index (χ3n) is 2.53. The Bertz CT molecular complexity index is 281. The standard InChI is InChI=1S/C10H14F3N/c1-5(2)7-8(9(11)12)6(3)14(4)10(7)13/h5,8-9H,3H2,1-2,4H3. The summed E-state index contributed by atoms with van der Waals surface area (Å²) in [6, 6.07) is 0. The van der Waals surface area contributed by atoms with E-state index in [0.29, 0.717) is 0 Å². The molecule has 0 aliphatic carbocycles. The summed E-state index contributed by atoms with van der Waals surface area (Å²) in [4.78, 5) is 1.10. The summed E-state index contributed by atoms with van der Waals surface area (Å²) in [6.07, 6.45) is -2.59. The lowest BCUT2D eigenvalue weighted by molar-refractivity contribution is 0.104. The zero-order valence-electron chi connectivity index (χ0n) is 8.52. The van der Waals surface area contributed by atoms with Crippen LogP contribution in [0.2, 0.25) is 0 Å². The maximum atomic E-state index is 13.5. The Morgan fingerprint density at radius 3 is 2.14 bits per heavy atom. The maximum absolute atomic E-state index is 13.5. The fourth-order valence-electron chi connectivity index (χ4n) is 1.71. The fourth-order valence-corrected chi connectivity index (χ4v) is 1.71. The smallest absolute Gasteiger partial charge is 0.250 e. The molecule has 0 aromatic rings. The minimum atomic E-state index is -2.59. The van der Waals surface area contributed by atoms with Gasteiger partial charge in [0.05, 0.1) is 5.92 Å².